The van der Waals surface area contributed by atoms with Gasteiger partial charge in [-0.3, -0.25) is 86.3 Å². The number of hydrogen-bond donors (Lipinski definition) is 25. The molecule has 29 N–H and O–H groups in total. The first-order chi connectivity index (χ1) is 59.6. The number of aliphatic carboxylic acids is 1. The van der Waals surface area contributed by atoms with Crippen molar-refractivity contribution in [2.45, 2.75) is 290 Å². The van der Waals surface area contributed by atoms with E-state index in [0.717, 1.165) is 18.7 Å². The third-order valence-electron chi connectivity index (χ3n) is 21.4. The molecule has 1 heterocycles. The number of aliphatic hydroxyl groups excluding tert-OH is 2. The van der Waals surface area contributed by atoms with E-state index in [1.54, 1.807) is 41.5 Å². The van der Waals surface area contributed by atoms with E-state index < -0.39 is 266 Å². The maximum absolute atomic E-state index is 14.8. The van der Waals surface area contributed by atoms with Gasteiger partial charge >= 0.3 is 5.97 Å². The molecule has 0 spiro atoms. The number of nitrogens with two attached hydrogens (primary N) is 4. The number of oxime groups is 2. The smallest absolute Gasteiger partial charge is 0.303 e. The maximum Gasteiger partial charge on any atom is 0.303 e. The molecular weight excluding hydrogens is 1780 g/mol. The van der Waals surface area contributed by atoms with Crippen molar-refractivity contribution in [3.05, 3.63) is 29.8 Å². The summed E-state index contributed by atoms with van der Waals surface area (Å²) in [5.41, 5.74) is 20.6. The van der Waals surface area contributed by atoms with Gasteiger partial charge in [-0.15, -0.1) is 0 Å². The van der Waals surface area contributed by atoms with Gasteiger partial charge in [0.25, 0.3) is 0 Å². The second kappa shape index (κ2) is 56.3. The number of amides is 17. The molecule has 727 valence electrons. The van der Waals surface area contributed by atoms with Gasteiger partial charge in [-0.1, -0.05) is 70.9 Å². The van der Waals surface area contributed by atoms with Crippen LogP contribution in [0.2, 0.25) is 0 Å². The van der Waals surface area contributed by atoms with Crippen LogP contribution in [0.3, 0.4) is 0 Å². The minimum absolute atomic E-state index is 0. The Morgan fingerprint density at radius 1 is 0.496 bits per heavy atom. The molecule has 0 aromatic heterocycles. The maximum atomic E-state index is 14.8. The van der Waals surface area contributed by atoms with Gasteiger partial charge in [0, 0.05) is 84.3 Å². The number of carboxylic acid groups (broad SMARTS) is 1. The first-order valence-corrected chi connectivity index (χ1v) is 42.5. The molecule has 1 aromatic rings. The minimum Gasteiger partial charge on any atom is -0.508 e. The van der Waals surface area contributed by atoms with Crippen molar-refractivity contribution in [3.8, 4) is 5.75 Å². The number of likely N-dealkylation sites (tertiary alicyclic amines) is 1. The quantitative estimate of drug-likeness (QED) is 0.0125. The van der Waals surface area contributed by atoms with Crippen LogP contribution in [-0.4, -0.2) is 289 Å². The average molecular weight is 1920 g/mol. The summed E-state index contributed by atoms with van der Waals surface area (Å²) in [4.78, 5) is 246. The number of hydrogen-bond acceptors (Lipinski definition) is 28. The Hall–Kier alpha value is -11.1. The van der Waals surface area contributed by atoms with Crippen LogP contribution in [0.1, 0.15) is 199 Å². The van der Waals surface area contributed by atoms with Crippen molar-refractivity contribution in [2.75, 3.05) is 45.9 Å². The predicted molar refractivity (Wildman–Crippen MR) is 464 cm³/mol. The third-order valence-corrected chi connectivity index (χ3v) is 21.4. The summed E-state index contributed by atoms with van der Waals surface area (Å²) in [6.45, 7) is 23.5. The Kier molecular flexibility index (Phi) is 50.6. The molecule has 0 saturated carbocycles. The third kappa shape index (κ3) is 41.9. The zero-order valence-corrected chi connectivity index (χ0v) is 78.0. The molecule has 13 atom stereocenters. The molecule has 0 unspecified atom stereocenters. The molecule has 1 fully saturated rings. The fourth-order valence-electron chi connectivity index (χ4n) is 13.1. The number of aromatic hydroxyl groups is 1. The number of phenols is 1. The van der Waals surface area contributed by atoms with E-state index in [-0.39, 0.29) is 109 Å². The number of carbonyl (C=O) groups excluding carboxylic acids is 17. The van der Waals surface area contributed by atoms with Crippen LogP contribution in [0, 0.1) is 23.2 Å². The van der Waals surface area contributed by atoms with Gasteiger partial charge in [-0.25, -0.2) is 0 Å². The molecule has 1 radical (unpaired) electrons. The van der Waals surface area contributed by atoms with Gasteiger partial charge < -0.3 is 138 Å². The SMILES string of the molecule is CC(=O)N[C@@H](CC(N)=O)C(=O)N[C@@H](CCC(N)=O)C(=O)N[C@@H](CCC(=O)O)C(=O)N[C@@H](CCC(N)=O)C(=O)N[C@H](C(=O)N[C@@H](CO)C(=O)N1CCC[C@H]1C(=O)N[C@@H](Cc1ccc(O)cc1)C(=O)N[C@H](C(=O)N[C@@H](CC(C)C)C(=O)N[C@@H](CC(C)C)C(=O)N[C@@H](CCCCN)C(=O)NCC(=O)NCC(C)(CNC(C)(C)/C(C)=N/O)CNC(C)(C)/C(C)=N/O)[C@@H](C)O)C(C)C.[99Tc]. The number of unbranched alkanes of at least 4 members (excludes halogenated alkanes) is 1. The van der Waals surface area contributed by atoms with Crippen LogP contribution in [0.15, 0.2) is 34.6 Å². The number of carbonyl (C=O) groups is 18. The van der Waals surface area contributed by atoms with E-state index >= 15 is 0 Å². The summed E-state index contributed by atoms with van der Waals surface area (Å²) in [6.07, 6.45) is -5.83. The fourth-order valence-corrected chi connectivity index (χ4v) is 13.1. The Morgan fingerprint density at radius 2 is 0.915 bits per heavy atom. The van der Waals surface area contributed by atoms with E-state index in [4.69, 9.17) is 22.9 Å². The summed E-state index contributed by atoms with van der Waals surface area (Å²) >= 11 is 0. The van der Waals surface area contributed by atoms with Gasteiger partial charge in [-0.05, 0) is 155 Å². The molecule has 1 saturated heterocycles. The summed E-state index contributed by atoms with van der Waals surface area (Å²) in [6, 6.07) is -14.3. The minimum atomic E-state index is -1.88. The van der Waals surface area contributed by atoms with E-state index in [1.807, 2.05) is 34.6 Å². The number of carboxylic acids is 1. The molecule has 2 rings (SSSR count). The number of primary amides is 3. The van der Waals surface area contributed by atoms with E-state index in [0.29, 0.717) is 29.8 Å². The molecule has 1 aromatic carbocycles. The molecule has 129 heavy (non-hydrogen) atoms. The molecular formula is C82H138N22O24Tc. The monoisotopic (exact) mass is 1910 g/mol. The van der Waals surface area contributed by atoms with Crippen molar-refractivity contribution >= 4 is 118 Å². The van der Waals surface area contributed by atoms with Crippen molar-refractivity contribution in [2.24, 2.45) is 56.4 Å². The van der Waals surface area contributed by atoms with Crippen LogP contribution in [0.25, 0.3) is 0 Å². The zero-order chi connectivity index (χ0) is 97.4. The molecule has 46 nitrogen and oxygen atoms in total. The molecule has 17 amide bonds. The van der Waals surface area contributed by atoms with Crippen molar-refractivity contribution < 1.29 is 137 Å². The van der Waals surface area contributed by atoms with Crippen LogP contribution < -0.4 is 103 Å². The van der Waals surface area contributed by atoms with Crippen molar-refractivity contribution in [1.82, 2.24) is 84.7 Å². The standard InChI is InChI=1S/C82H138N22O24.Tc/c1-42(2)33-55(72(119)92-51(19-16-17-31-83)68(115)87-37-64(112)88-39-82(15,40-89-80(11,12)46(8)102-127)41-90-81(13,14)47(9)103-128)96-73(120)56(34-43(3)4)98-78(125)67(45(7)106)101-75(122)57(35-49-21-23-50(108)24-22-49)97-76(123)60-20-18-32-104(60)79(126)59(38-105)99-77(124)66(44(5)6)100-71(118)53(26-29-62(85)110)93-70(117)54(27-30-65(113)114)94-69(116)52(25-28-61(84)109)95-74(121)58(36-63(86)111)91-48(10)107;/h21-24,42-45,51-60,66-67,89-90,105-106,108,127-128H,16-20,25-41,83H2,1-15H3,(H2,84,109)(H2,85,110)(H2,86,111)(H,87,115)(H,88,112)(H,91,107)(H,92,119)(H,93,117)(H,94,116)(H,95,121)(H,96,120)(H,97,123)(H,98,125)(H,99,124)(H,100,118)(H,101,122)(H,113,114);/b102-46+,103-47+;/t45-,51+,52+,53+,54+,55+,56+,57+,58+,59+,60+,66+,67+;/m1./s1/i;1+1. The van der Waals surface area contributed by atoms with Crippen LogP contribution >= 0.6 is 0 Å². The Labute approximate surface area is 763 Å². The van der Waals surface area contributed by atoms with Gasteiger partial charge in [-0.2, -0.15) is 0 Å². The first kappa shape index (κ1) is 116. The number of nitrogens with zero attached hydrogens (tertiary/aromatic N) is 3. The number of benzene rings is 1. The van der Waals surface area contributed by atoms with Gasteiger partial charge in [0.15, 0.2) is 0 Å². The Balaban J connectivity index is 0.0000832. The summed E-state index contributed by atoms with van der Waals surface area (Å²) in [5.74, 6) is -20.2. The number of phenolic OH excluding ortho intramolecular Hbond substituents is 1. The molecule has 0 aliphatic carbocycles. The summed E-state index contributed by atoms with van der Waals surface area (Å²) in [7, 11) is 0. The van der Waals surface area contributed by atoms with Crippen molar-refractivity contribution in [3.63, 3.8) is 0 Å². The second-order valence-electron chi connectivity index (χ2n) is 34.7. The average Bonchev–Trinajstić information content (AvgIpc) is 1.74. The normalized spacial score (nSPS) is 15.9. The molecule has 0 bridgehead atoms. The molecule has 1 aliphatic heterocycles. The van der Waals surface area contributed by atoms with Crippen molar-refractivity contribution in [1.29, 1.82) is 0 Å². The summed E-state index contributed by atoms with van der Waals surface area (Å²) < 4.78 is 0. The van der Waals surface area contributed by atoms with E-state index in [1.165, 1.54) is 38.1 Å². The number of rotatable bonds is 59. The number of nitrogens with one attached hydrogen (secondary N) is 15. The largest absolute Gasteiger partial charge is 0.508 e. The topological polar surface area (TPSA) is 741 Å². The first-order valence-electron chi connectivity index (χ1n) is 42.5. The van der Waals surface area contributed by atoms with E-state index in [2.05, 4.69) is 90.1 Å². The van der Waals surface area contributed by atoms with Gasteiger partial charge in [0.05, 0.1) is 48.2 Å². The fraction of sp³-hybridized carbons (Fsp3) is 0.683. The Morgan fingerprint density at radius 3 is 1.34 bits per heavy atom. The molecule has 1 aliphatic rings. The van der Waals surface area contributed by atoms with E-state index in [9.17, 15) is 117 Å². The van der Waals surface area contributed by atoms with Crippen LogP contribution in [0.4, 0.5) is 0 Å². The Bertz CT molecular complexity index is 4010. The predicted octanol–water partition coefficient (Wildman–Crippen LogP) is -5.53. The van der Waals surface area contributed by atoms with Crippen LogP contribution in [0.5, 0.6) is 5.75 Å². The second-order valence-corrected chi connectivity index (χ2v) is 34.7. The van der Waals surface area contributed by atoms with Gasteiger partial charge in [0.1, 0.15) is 78.3 Å². The van der Waals surface area contributed by atoms with Gasteiger partial charge in [0.2, 0.25) is 100 Å². The zero-order valence-electron chi connectivity index (χ0n) is 76.2. The number of aliphatic hydroxyl groups is 2. The summed E-state index contributed by atoms with van der Waals surface area (Å²) in [5, 5.41) is 107. The van der Waals surface area contributed by atoms with Crippen LogP contribution in [-0.2, 0) is 113 Å². The molecule has 47 heteroatoms.